The molecule has 1 unspecified atom stereocenters. The molecule has 0 aliphatic heterocycles. The summed E-state index contributed by atoms with van der Waals surface area (Å²) in [6.45, 7) is 9.44. The molecule has 1 N–H and O–H groups in total. The van der Waals surface area contributed by atoms with E-state index in [1.54, 1.807) is 0 Å². The molecule has 1 nitrogen and oxygen atoms in total. The number of nitrogens with one attached hydrogen (secondary N) is 1. The van der Waals surface area contributed by atoms with E-state index in [1.165, 1.54) is 27.8 Å². The topological polar surface area (TPSA) is 12.0 Å². The maximum Gasteiger partial charge on any atom is 0.0579 e. The van der Waals surface area contributed by atoms with Gasteiger partial charge in [-0.2, -0.15) is 0 Å². The molecule has 20 heavy (non-hydrogen) atoms. The molecule has 0 aromatic heterocycles. The normalized spacial score (nSPS) is 12.4. The Morgan fingerprint density at radius 2 is 1.75 bits per heavy atom. The van der Waals surface area contributed by atoms with E-state index in [-0.39, 0.29) is 6.04 Å². The van der Waals surface area contributed by atoms with Crippen LogP contribution in [0.15, 0.2) is 36.4 Å². The zero-order chi connectivity index (χ0) is 14.7. The van der Waals surface area contributed by atoms with E-state index in [4.69, 9.17) is 11.6 Å². The smallest absolute Gasteiger partial charge is 0.0579 e. The summed E-state index contributed by atoms with van der Waals surface area (Å²) in [6.07, 6.45) is 0. The van der Waals surface area contributed by atoms with Crippen molar-refractivity contribution in [3.63, 3.8) is 0 Å². The summed E-state index contributed by atoms with van der Waals surface area (Å²) in [7, 11) is 0. The van der Waals surface area contributed by atoms with Crippen molar-refractivity contribution in [2.24, 2.45) is 0 Å². The van der Waals surface area contributed by atoms with Crippen LogP contribution in [-0.2, 0) is 0 Å². The van der Waals surface area contributed by atoms with Gasteiger partial charge in [0.05, 0.1) is 6.04 Å². The SMILES string of the molecule is CCNC(c1cc(C)cc(Cl)c1)c1ccc(C)cc1C. The Bertz CT molecular complexity index is 584. The minimum Gasteiger partial charge on any atom is -0.307 e. The molecule has 1 atom stereocenters. The molecule has 106 valence electrons. The predicted molar refractivity (Wildman–Crippen MR) is 87.6 cm³/mol. The van der Waals surface area contributed by atoms with Crippen molar-refractivity contribution >= 4 is 11.6 Å². The van der Waals surface area contributed by atoms with Crippen LogP contribution < -0.4 is 5.32 Å². The second kappa shape index (κ2) is 6.43. The standard InChI is InChI=1S/C18H22ClN/c1-5-20-18(15-9-13(3)10-16(19)11-15)17-7-6-12(2)8-14(17)4/h6-11,18,20H,5H2,1-4H3. The highest BCUT2D eigenvalue weighted by Crippen LogP contribution is 2.28. The first-order valence-corrected chi connectivity index (χ1v) is 7.46. The molecule has 0 saturated heterocycles. The molecule has 0 bridgehead atoms. The third kappa shape index (κ3) is 3.41. The second-order valence-electron chi connectivity index (χ2n) is 5.41. The first kappa shape index (κ1) is 15.1. The largest absolute Gasteiger partial charge is 0.307 e. The van der Waals surface area contributed by atoms with Crippen LogP contribution in [-0.4, -0.2) is 6.54 Å². The zero-order valence-electron chi connectivity index (χ0n) is 12.6. The van der Waals surface area contributed by atoms with Crippen molar-refractivity contribution in [1.29, 1.82) is 0 Å². The van der Waals surface area contributed by atoms with Gasteiger partial charge in [0.15, 0.2) is 0 Å². The van der Waals surface area contributed by atoms with Crippen LogP contribution in [0.2, 0.25) is 5.02 Å². The molecule has 0 aliphatic rings. The van der Waals surface area contributed by atoms with E-state index in [2.05, 4.69) is 63.3 Å². The lowest BCUT2D eigenvalue weighted by molar-refractivity contribution is 0.627. The molecule has 2 aromatic carbocycles. The second-order valence-corrected chi connectivity index (χ2v) is 5.85. The summed E-state index contributed by atoms with van der Waals surface area (Å²) < 4.78 is 0. The van der Waals surface area contributed by atoms with E-state index in [0.717, 1.165) is 11.6 Å². The third-order valence-electron chi connectivity index (χ3n) is 3.54. The van der Waals surface area contributed by atoms with Gasteiger partial charge in [0.1, 0.15) is 0 Å². The molecule has 2 rings (SSSR count). The fraction of sp³-hybridized carbons (Fsp3) is 0.333. The van der Waals surface area contributed by atoms with Crippen LogP contribution >= 0.6 is 11.6 Å². The summed E-state index contributed by atoms with van der Waals surface area (Å²) in [6, 6.07) is 13.1. The van der Waals surface area contributed by atoms with E-state index >= 15 is 0 Å². The highest BCUT2D eigenvalue weighted by atomic mass is 35.5. The number of rotatable bonds is 4. The van der Waals surface area contributed by atoms with Crippen molar-refractivity contribution in [3.8, 4) is 0 Å². The van der Waals surface area contributed by atoms with Gasteiger partial charge in [-0.3, -0.25) is 0 Å². The maximum absolute atomic E-state index is 6.22. The lowest BCUT2D eigenvalue weighted by atomic mass is 9.93. The number of hydrogen-bond acceptors (Lipinski definition) is 1. The Morgan fingerprint density at radius 1 is 1.00 bits per heavy atom. The molecule has 2 aromatic rings. The van der Waals surface area contributed by atoms with Gasteiger partial charge in [0.25, 0.3) is 0 Å². The molecule has 0 radical (unpaired) electrons. The number of halogens is 1. The lowest BCUT2D eigenvalue weighted by Crippen LogP contribution is -2.23. The summed E-state index contributed by atoms with van der Waals surface area (Å²) in [5.41, 5.74) is 6.35. The van der Waals surface area contributed by atoms with Crippen molar-refractivity contribution in [3.05, 3.63) is 69.2 Å². The molecular formula is C18H22ClN. The van der Waals surface area contributed by atoms with Crippen LogP contribution in [0.25, 0.3) is 0 Å². The molecule has 0 aliphatic carbocycles. The van der Waals surface area contributed by atoms with E-state index in [0.29, 0.717) is 0 Å². The van der Waals surface area contributed by atoms with Crippen molar-refractivity contribution in [2.45, 2.75) is 33.7 Å². The molecule has 0 spiro atoms. The van der Waals surface area contributed by atoms with Gasteiger partial charge in [-0.25, -0.2) is 0 Å². The van der Waals surface area contributed by atoms with Crippen molar-refractivity contribution in [2.75, 3.05) is 6.54 Å². The summed E-state index contributed by atoms with van der Waals surface area (Å²) in [5, 5.41) is 4.37. The predicted octanol–water partition coefficient (Wildman–Crippen LogP) is 4.96. The molecule has 0 fully saturated rings. The van der Waals surface area contributed by atoms with Gasteiger partial charge < -0.3 is 5.32 Å². The number of benzene rings is 2. The van der Waals surface area contributed by atoms with E-state index < -0.39 is 0 Å². The summed E-state index contributed by atoms with van der Waals surface area (Å²) in [5.74, 6) is 0. The third-order valence-corrected chi connectivity index (χ3v) is 3.76. The zero-order valence-corrected chi connectivity index (χ0v) is 13.4. The number of aryl methyl sites for hydroxylation is 3. The van der Waals surface area contributed by atoms with Crippen LogP contribution in [0.3, 0.4) is 0 Å². The van der Waals surface area contributed by atoms with Gasteiger partial charge in [0.2, 0.25) is 0 Å². The Kier molecular flexibility index (Phi) is 4.85. The Morgan fingerprint density at radius 3 is 2.35 bits per heavy atom. The monoisotopic (exact) mass is 287 g/mol. The Labute approximate surface area is 127 Å². The first-order valence-electron chi connectivity index (χ1n) is 7.09. The van der Waals surface area contributed by atoms with Gasteiger partial charge in [0, 0.05) is 5.02 Å². The highest BCUT2D eigenvalue weighted by Gasteiger charge is 2.16. The summed E-state index contributed by atoms with van der Waals surface area (Å²) in [4.78, 5) is 0. The van der Waals surface area contributed by atoms with E-state index in [1.807, 2.05) is 6.07 Å². The van der Waals surface area contributed by atoms with Crippen molar-refractivity contribution < 1.29 is 0 Å². The molecule has 0 heterocycles. The van der Waals surface area contributed by atoms with E-state index in [9.17, 15) is 0 Å². The fourth-order valence-corrected chi connectivity index (χ4v) is 2.99. The van der Waals surface area contributed by atoms with Crippen molar-refractivity contribution in [1.82, 2.24) is 5.32 Å². The van der Waals surface area contributed by atoms with Crippen LogP contribution in [0, 0.1) is 20.8 Å². The minimum atomic E-state index is 0.193. The average molecular weight is 288 g/mol. The first-order chi connectivity index (χ1) is 9.51. The molecule has 0 amide bonds. The van der Waals surface area contributed by atoms with Gasteiger partial charge in [-0.05, 0) is 61.7 Å². The molecular weight excluding hydrogens is 266 g/mol. The minimum absolute atomic E-state index is 0.193. The highest BCUT2D eigenvalue weighted by molar-refractivity contribution is 6.30. The fourth-order valence-electron chi connectivity index (χ4n) is 2.69. The van der Waals surface area contributed by atoms with Gasteiger partial charge in [-0.15, -0.1) is 0 Å². The van der Waals surface area contributed by atoms with Crippen LogP contribution in [0.1, 0.15) is 40.8 Å². The maximum atomic E-state index is 6.22. The van der Waals surface area contributed by atoms with Crippen LogP contribution in [0.4, 0.5) is 0 Å². The lowest BCUT2D eigenvalue weighted by Gasteiger charge is -2.22. The summed E-state index contributed by atoms with van der Waals surface area (Å²) >= 11 is 6.22. The van der Waals surface area contributed by atoms with Crippen LogP contribution in [0.5, 0.6) is 0 Å². The average Bonchev–Trinajstić information content (AvgIpc) is 2.35. The Balaban J connectivity index is 2.49. The van der Waals surface area contributed by atoms with Gasteiger partial charge >= 0.3 is 0 Å². The molecule has 2 heteroatoms. The van der Waals surface area contributed by atoms with Gasteiger partial charge in [-0.1, -0.05) is 48.4 Å². The number of hydrogen-bond donors (Lipinski definition) is 1. The quantitative estimate of drug-likeness (QED) is 0.838. The molecule has 0 saturated carbocycles. The Hall–Kier alpha value is -1.31.